The van der Waals surface area contributed by atoms with Crippen molar-refractivity contribution in [3.63, 3.8) is 0 Å². The number of sulfone groups is 1. The summed E-state index contributed by atoms with van der Waals surface area (Å²) in [4.78, 5) is 30.8. The summed E-state index contributed by atoms with van der Waals surface area (Å²) in [7, 11) is -2.45. The lowest BCUT2D eigenvalue weighted by Gasteiger charge is -2.38. The summed E-state index contributed by atoms with van der Waals surface area (Å²) in [5, 5.41) is 2.67. The molecule has 1 saturated heterocycles. The van der Waals surface area contributed by atoms with Gasteiger partial charge in [-0.05, 0) is 60.2 Å². The van der Waals surface area contributed by atoms with Crippen molar-refractivity contribution in [2.24, 2.45) is 0 Å². The minimum Gasteiger partial charge on any atom is -0.495 e. The fourth-order valence-corrected chi connectivity index (χ4v) is 7.26. The van der Waals surface area contributed by atoms with Crippen LogP contribution in [-0.4, -0.2) is 53.4 Å². The summed E-state index contributed by atoms with van der Waals surface area (Å²) < 4.78 is 46.7. The van der Waals surface area contributed by atoms with Crippen molar-refractivity contribution in [3.8, 4) is 5.75 Å². The molecule has 2 aliphatic rings. The van der Waals surface area contributed by atoms with Gasteiger partial charge in [0.1, 0.15) is 11.6 Å². The van der Waals surface area contributed by atoms with E-state index in [-0.39, 0.29) is 33.0 Å². The van der Waals surface area contributed by atoms with Gasteiger partial charge >= 0.3 is 0 Å². The Morgan fingerprint density at radius 3 is 2.38 bits per heavy atom. The highest BCUT2D eigenvalue weighted by Gasteiger charge is 2.38. The van der Waals surface area contributed by atoms with Gasteiger partial charge in [0, 0.05) is 44.0 Å². The normalized spacial score (nSPS) is 15.5. The van der Waals surface area contributed by atoms with Crippen LogP contribution >= 0.6 is 0 Å². The third-order valence-electron chi connectivity index (χ3n) is 7.70. The van der Waals surface area contributed by atoms with Crippen LogP contribution in [-0.2, 0) is 16.4 Å². The smallest absolute Gasteiger partial charge is 0.252 e. The standard InChI is InChI=1S/C32H28FN3O5S/c1-41-27-10-3-2-9-26(27)36-16-14-35(15-17-36)23-12-13-24-29(19-23)42(39,40)28-11-5-8-25(30(28)31(24)37)32(38)34-20-21-6-4-7-22(33)18-21/h2-13,18-19H,14-17,20H2,1H3,(H,34,38). The maximum absolute atomic E-state index is 13.8. The van der Waals surface area contributed by atoms with Crippen molar-refractivity contribution in [1.29, 1.82) is 0 Å². The van der Waals surface area contributed by atoms with Crippen LogP contribution in [0.2, 0.25) is 0 Å². The van der Waals surface area contributed by atoms with Gasteiger partial charge in [0.2, 0.25) is 9.84 Å². The molecule has 0 unspecified atom stereocenters. The highest BCUT2D eigenvalue weighted by atomic mass is 32.2. The highest BCUT2D eigenvalue weighted by molar-refractivity contribution is 7.91. The first-order valence-corrected chi connectivity index (χ1v) is 15.0. The summed E-state index contributed by atoms with van der Waals surface area (Å²) in [5.41, 5.74) is 2.08. The van der Waals surface area contributed by atoms with Crippen molar-refractivity contribution < 1.29 is 27.1 Å². The molecule has 2 aliphatic heterocycles. The number of anilines is 2. The Morgan fingerprint density at radius 1 is 0.881 bits per heavy atom. The van der Waals surface area contributed by atoms with Gasteiger partial charge < -0.3 is 19.9 Å². The SMILES string of the molecule is COc1ccccc1N1CCN(c2ccc3c(c2)S(=O)(=O)c2cccc(C(=O)NCc4cccc(F)c4)c2C3=O)CC1. The van der Waals surface area contributed by atoms with E-state index in [1.807, 2.05) is 24.3 Å². The molecule has 0 atom stereocenters. The highest BCUT2D eigenvalue weighted by Crippen LogP contribution is 2.38. The third-order valence-corrected chi connectivity index (χ3v) is 9.54. The molecule has 2 heterocycles. The van der Waals surface area contributed by atoms with E-state index in [0.717, 1.165) is 11.4 Å². The van der Waals surface area contributed by atoms with Gasteiger partial charge in [-0.25, -0.2) is 12.8 Å². The number of ether oxygens (including phenoxy) is 1. The molecular formula is C32H28FN3O5S. The average Bonchev–Trinajstić information content (AvgIpc) is 3.02. The molecule has 6 rings (SSSR count). The van der Waals surface area contributed by atoms with Gasteiger partial charge in [0.15, 0.2) is 5.78 Å². The maximum Gasteiger partial charge on any atom is 0.252 e. The lowest BCUT2D eigenvalue weighted by atomic mass is 9.96. The second-order valence-corrected chi connectivity index (χ2v) is 12.0. The first kappa shape index (κ1) is 27.5. The van der Waals surface area contributed by atoms with E-state index in [4.69, 9.17) is 4.74 Å². The maximum atomic E-state index is 13.8. The number of nitrogens with one attached hydrogen (secondary N) is 1. The van der Waals surface area contributed by atoms with E-state index in [2.05, 4.69) is 15.1 Å². The van der Waals surface area contributed by atoms with E-state index in [9.17, 15) is 22.4 Å². The molecule has 4 aromatic carbocycles. The molecule has 0 radical (unpaired) electrons. The predicted molar refractivity (Wildman–Crippen MR) is 157 cm³/mol. The molecule has 4 aromatic rings. The molecule has 10 heteroatoms. The van der Waals surface area contributed by atoms with Crippen LogP contribution in [0.5, 0.6) is 5.75 Å². The lowest BCUT2D eigenvalue weighted by molar-refractivity contribution is 0.0938. The number of ketones is 1. The zero-order valence-electron chi connectivity index (χ0n) is 22.8. The van der Waals surface area contributed by atoms with Crippen LogP contribution in [0.1, 0.15) is 31.8 Å². The Morgan fingerprint density at radius 2 is 1.62 bits per heavy atom. The summed E-state index contributed by atoms with van der Waals surface area (Å²) in [6.45, 7) is 2.74. The molecule has 1 amide bonds. The number of piperazine rings is 1. The van der Waals surface area contributed by atoms with Crippen molar-refractivity contribution in [1.82, 2.24) is 5.32 Å². The van der Waals surface area contributed by atoms with Gasteiger partial charge in [0.25, 0.3) is 5.91 Å². The van der Waals surface area contributed by atoms with Crippen LogP contribution in [0.25, 0.3) is 0 Å². The second-order valence-electron chi connectivity index (χ2n) is 10.2. The molecule has 214 valence electrons. The third kappa shape index (κ3) is 4.87. The lowest BCUT2D eigenvalue weighted by Crippen LogP contribution is -2.46. The van der Waals surface area contributed by atoms with Gasteiger partial charge in [-0.3, -0.25) is 9.59 Å². The van der Waals surface area contributed by atoms with Crippen LogP contribution < -0.4 is 19.9 Å². The van der Waals surface area contributed by atoms with Crippen LogP contribution in [0.3, 0.4) is 0 Å². The van der Waals surface area contributed by atoms with Crippen LogP contribution in [0.15, 0.2) is 94.7 Å². The van der Waals surface area contributed by atoms with Gasteiger partial charge in [-0.15, -0.1) is 0 Å². The number of para-hydroxylation sites is 2. The Labute approximate surface area is 243 Å². The number of benzene rings is 4. The predicted octanol–water partition coefficient (Wildman–Crippen LogP) is 4.47. The minimum absolute atomic E-state index is 0.0193. The largest absolute Gasteiger partial charge is 0.495 e. The Hall–Kier alpha value is -4.70. The summed E-state index contributed by atoms with van der Waals surface area (Å²) in [6.07, 6.45) is 0. The topological polar surface area (TPSA) is 96.0 Å². The zero-order chi connectivity index (χ0) is 29.4. The minimum atomic E-state index is -4.09. The molecule has 1 N–H and O–H groups in total. The zero-order valence-corrected chi connectivity index (χ0v) is 23.7. The molecule has 8 nitrogen and oxygen atoms in total. The summed E-state index contributed by atoms with van der Waals surface area (Å²) >= 11 is 0. The molecule has 0 bridgehead atoms. The van der Waals surface area contributed by atoms with Crippen molar-refractivity contribution in [2.45, 2.75) is 16.3 Å². The Kier molecular flexibility index (Phi) is 7.16. The number of hydrogen-bond donors (Lipinski definition) is 1. The molecule has 0 aliphatic carbocycles. The van der Waals surface area contributed by atoms with Crippen LogP contribution in [0.4, 0.5) is 15.8 Å². The number of halogens is 1. The first-order valence-electron chi connectivity index (χ1n) is 13.5. The van der Waals surface area contributed by atoms with Gasteiger partial charge in [0.05, 0.1) is 33.7 Å². The number of nitrogens with zero attached hydrogens (tertiary/aromatic N) is 2. The van der Waals surface area contributed by atoms with Crippen molar-refractivity contribution in [2.75, 3.05) is 43.1 Å². The molecule has 42 heavy (non-hydrogen) atoms. The van der Waals surface area contributed by atoms with Crippen molar-refractivity contribution >= 4 is 32.9 Å². The summed E-state index contributed by atoms with van der Waals surface area (Å²) in [6, 6.07) is 22.7. The van der Waals surface area contributed by atoms with E-state index >= 15 is 0 Å². The van der Waals surface area contributed by atoms with E-state index < -0.39 is 27.3 Å². The number of fused-ring (bicyclic) bond motifs is 2. The second kappa shape index (κ2) is 10.9. The number of rotatable bonds is 6. The Balaban J connectivity index is 1.25. The number of carbonyl (C=O) groups excluding carboxylic acids is 2. The van der Waals surface area contributed by atoms with Crippen molar-refractivity contribution in [3.05, 3.63) is 113 Å². The quantitative estimate of drug-likeness (QED) is 0.314. The molecule has 0 spiro atoms. The number of methoxy groups -OCH3 is 1. The average molecular weight is 586 g/mol. The molecular weight excluding hydrogens is 557 g/mol. The monoisotopic (exact) mass is 585 g/mol. The fourth-order valence-electron chi connectivity index (χ4n) is 5.57. The fraction of sp³-hybridized carbons (Fsp3) is 0.188. The number of hydrogen-bond acceptors (Lipinski definition) is 7. The molecule has 1 fully saturated rings. The molecule has 0 aromatic heterocycles. The number of amides is 1. The van der Waals surface area contributed by atoms with Crippen LogP contribution in [0, 0.1) is 5.82 Å². The van der Waals surface area contributed by atoms with Gasteiger partial charge in [-0.1, -0.05) is 30.3 Å². The Bertz CT molecular complexity index is 1820. The summed E-state index contributed by atoms with van der Waals surface area (Å²) in [5.74, 6) is -0.786. The van der Waals surface area contributed by atoms with E-state index in [1.165, 1.54) is 42.5 Å². The van der Waals surface area contributed by atoms with Gasteiger partial charge in [-0.2, -0.15) is 0 Å². The first-order chi connectivity index (χ1) is 20.3. The molecule has 0 saturated carbocycles. The number of carbonyl (C=O) groups is 2. The van der Waals surface area contributed by atoms with E-state index in [0.29, 0.717) is 37.4 Å². The van der Waals surface area contributed by atoms with E-state index in [1.54, 1.807) is 25.3 Å².